The first-order chi connectivity index (χ1) is 13.7. The van der Waals surface area contributed by atoms with E-state index in [1.54, 1.807) is 18.2 Å². The summed E-state index contributed by atoms with van der Waals surface area (Å²) in [5.41, 5.74) is 0.500. The van der Waals surface area contributed by atoms with Gasteiger partial charge in [0.1, 0.15) is 0 Å². The lowest BCUT2D eigenvalue weighted by Gasteiger charge is -2.31. The number of rotatable bonds is 5. The molecule has 0 saturated carbocycles. The van der Waals surface area contributed by atoms with Gasteiger partial charge in [0.25, 0.3) is 0 Å². The summed E-state index contributed by atoms with van der Waals surface area (Å²) < 4.78 is 10.5. The van der Waals surface area contributed by atoms with Crippen molar-refractivity contribution < 1.29 is 19.1 Å². The second-order valence-electron chi connectivity index (χ2n) is 6.91. The Morgan fingerprint density at radius 1 is 1.11 bits per heavy atom. The number of likely N-dealkylation sites (tertiary alicyclic amines) is 1. The van der Waals surface area contributed by atoms with E-state index in [0.717, 1.165) is 32.5 Å². The van der Waals surface area contributed by atoms with Crippen LogP contribution < -0.4 is 20.1 Å². The molecule has 8 heteroatoms. The van der Waals surface area contributed by atoms with Crippen LogP contribution in [-0.4, -0.2) is 49.7 Å². The van der Waals surface area contributed by atoms with Crippen LogP contribution in [0.1, 0.15) is 23.6 Å². The molecular weight excluding hydrogens is 378 g/mol. The zero-order valence-corrected chi connectivity index (χ0v) is 16.3. The van der Waals surface area contributed by atoms with Crippen LogP contribution >= 0.6 is 11.3 Å². The fraction of sp³-hybridized carbons (Fsp3) is 0.400. The Labute approximate surface area is 167 Å². The van der Waals surface area contributed by atoms with Crippen molar-refractivity contribution in [3.05, 3.63) is 40.6 Å². The first-order valence-electron chi connectivity index (χ1n) is 9.43. The van der Waals surface area contributed by atoms with Crippen molar-refractivity contribution in [3.8, 4) is 11.5 Å². The predicted molar refractivity (Wildman–Crippen MR) is 107 cm³/mol. The van der Waals surface area contributed by atoms with Crippen LogP contribution in [0.3, 0.4) is 0 Å². The molecule has 1 saturated heterocycles. The summed E-state index contributed by atoms with van der Waals surface area (Å²) in [7, 11) is 0. The third-order valence-electron chi connectivity index (χ3n) is 5.08. The molecule has 7 nitrogen and oxygen atoms in total. The van der Waals surface area contributed by atoms with Gasteiger partial charge in [0.15, 0.2) is 11.5 Å². The minimum absolute atomic E-state index is 0.164. The van der Waals surface area contributed by atoms with E-state index < -0.39 is 11.8 Å². The van der Waals surface area contributed by atoms with E-state index >= 15 is 0 Å². The summed E-state index contributed by atoms with van der Waals surface area (Å²) in [6.07, 6.45) is 2.28. The smallest absolute Gasteiger partial charge is 0.313 e. The topological polar surface area (TPSA) is 79.9 Å². The van der Waals surface area contributed by atoms with Gasteiger partial charge in [-0.15, -0.1) is 11.3 Å². The first kappa shape index (κ1) is 18.8. The Bertz CT molecular complexity index is 832. The first-order valence-corrected chi connectivity index (χ1v) is 10.3. The van der Waals surface area contributed by atoms with Crippen molar-refractivity contribution in [2.24, 2.45) is 0 Å². The lowest BCUT2D eigenvalue weighted by molar-refractivity contribution is -0.136. The highest BCUT2D eigenvalue weighted by molar-refractivity contribution is 7.10. The molecule has 28 heavy (non-hydrogen) atoms. The Morgan fingerprint density at radius 3 is 2.71 bits per heavy atom. The third-order valence-corrected chi connectivity index (χ3v) is 6.12. The lowest BCUT2D eigenvalue weighted by atomic mass is 9.95. The summed E-state index contributed by atoms with van der Waals surface area (Å²) in [4.78, 5) is 27.9. The van der Waals surface area contributed by atoms with Gasteiger partial charge in [-0.1, -0.05) is 6.07 Å². The van der Waals surface area contributed by atoms with Gasteiger partial charge in [0.05, 0.1) is 0 Å². The fourth-order valence-corrected chi connectivity index (χ4v) is 4.43. The molecule has 148 valence electrons. The Kier molecular flexibility index (Phi) is 5.78. The number of hydrogen-bond acceptors (Lipinski definition) is 6. The summed E-state index contributed by atoms with van der Waals surface area (Å²) in [6, 6.07) is 9.35. The number of piperidine rings is 1. The molecule has 0 atom stereocenters. The van der Waals surface area contributed by atoms with Crippen LogP contribution in [0.2, 0.25) is 0 Å². The number of carbonyl (C=O) groups excluding carboxylic acids is 2. The van der Waals surface area contributed by atoms with Crippen LogP contribution in [0.25, 0.3) is 0 Å². The molecule has 0 spiro atoms. The molecule has 2 amide bonds. The number of nitrogens with zero attached hydrogens (tertiary/aromatic N) is 1. The normalized spacial score (nSPS) is 16.7. The Balaban J connectivity index is 1.17. The number of hydrogen-bond donors (Lipinski definition) is 2. The minimum atomic E-state index is -0.685. The quantitative estimate of drug-likeness (QED) is 0.752. The molecule has 4 rings (SSSR count). The molecule has 0 radical (unpaired) electrons. The number of carbonyl (C=O) groups is 2. The number of thiophene rings is 1. The van der Waals surface area contributed by atoms with E-state index in [-0.39, 0.29) is 6.79 Å². The molecule has 2 N–H and O–H groups in total. The summed E-state index contributed by atoms with van der Waals surface area (Å²) in [5.74, 6) is 0.522. The van der Waals surface area contributed by atoms with Gasteiger partial charge in [-0.3, -0.25) is 9.59 Å². The monoisotopic (exact) mass is 401 g/mol. The largest absolute Gasteiger partial charge is 0.454 e. The number of benzene rings is 1. The number of anilines is 1. The molecule has 3 heterocycles. The van der Waals surface area contributed by atoms with Crippen LogP contribution in [0, 0.1) is 0 Å². The maximum absolute atomic E-state index is 12.1. The highest BCUT2D eigenvalue weighted by Gasteiger charge is 2.22. The van der Waals surface area contributed by atoms with Gasteiger partial charge in [-0.2, -0.15) is 0 Å². The van der Waals surface area contributed by atoms with Gasteiger partial charge in [-0.25, -0.2) is 0 Å². The molecular formula is C20H23N3O4S. The van der Waals surface area contributed by atoms with Gasteiger partial charge < -0.3 is 25.0 Å². The molecule has 0 bridgehead atoms. The number of amides is 2. The zero-order chi connectivity index (χ0) is 19.3. The van der Waals surface area contributed by atoms with E-state index in [1.807, 2.05) is 11.3 Å². The maximum Gasteiger partial charge on any atom is 0.313 e. The van der Waals surface area contributed by atoms with E-state index in [4.69, 9.17) is 9.47 Å². The van der Waals surface area contributed by atoms with Crippen LogP contribution in [0.5, 0.6) is 11.5 Å². The molecule has 2 aromatic rings. The van der Waals surface area contributed by atoms with Gasteiger partial charge in [0, 0.05) is 29.7 Å². The minimum Gasteiger partial charge on any atom is -0.454 e. The highest BCUT2D eigenvalue weighted by atomic mass is 32.1. The van der Waals surface area contributed by atoms with Gasteiger partial charge in [-0.05, 0) is 55.4 Å². The summed E-state index contributed by atoms with van der Waals surface area (Å²) in [6.45, 7) is 3.40. The van der Waals surface area contributed by atoms with Crippen molar-refractivity contribution >= 4 is 28.8 Å². The number of fused-ring (bicyclic) bond motifs is 1. The van der Waals surface area contributed by atoms with Crippen LogP contribution in [0.15, 0.2) is 35.7 Å². The third kappa shape index (κ3) is 4.45. The average Bonchev–Trinajstić information content (AvgIpc) is 3.40. The SMILES string of the molecule is O=C(NCCN1CCC(c2cccs2)CC1)C(=O)Nc1ccc2c(c1)OCO2. The molecule has 0 aliphatic carbocycles. The molecule has 1 aromatic heterocycles. The number of ether oxygens (including phenoxy) is 2. The van der Waals surface area contributed by atoms with Crippen LogP contribution in [-0.2, 0) is 9.59 Å². The van der Waals surface area contributed by atoms with Crippen molar-refractivity contribution in [1.82, 2.24) is 10.2 Å². The van der Waals surface area contributed by atoms with Crippen molar-refractivity contribution in [2.75, 3.05) is 38.3 Å². The lowest BCUT2D eigenvalue weighted by Crippen LogP contribution is -2.42. The highest BCUT2D eigenvalue weighted by Crippen LogP contribution is 2.34. The van der Waals surface area contributed by atoms with E-state index in [0.29, 0.717) is 29.6 Å². The van der Waals surface area contributed by atoms with Crippen molar-refractivity contribution in [2.45, 2.75) is 18.8 Å². The fourth-order valence-electron chi connectivity index (χ4n) is 3.53. The zero-order valence-electron chi connectivity index (χ0n) is 15.5. The predicted octanol–water partition coefficient (Wildman–Crippen LogP) is 2.41. The molecule has 2 aliphatic heterocycles. The van der Waals surface area contributed by atoms with Crippen LogP contribution in [0.4, 0.5) is 5.69 Å². The van der Waals surface area contributed by atoms with Gasteiger partial charge >= 0.3 is 11.8 Å². The van der Waals surface area contributed by atoms with Crippen molar-refractivity contribution in [1.29, 1.82) is 0 Å². The molecule has 1 fully saturated rings. The summed E-state index contributed by atoms with van der Waals surface area (Å²) in [5, 5.41) is 7.41. The standard InChI is InChI=1S/C20H23N3O4S/c24-19(20(25)22-15-3-4-16-17(12-15)27-13-26-16)21-7-10-23-8-5-14(6-9-23)18-2-1-11-28-18/h1-4,11-12,14H,5-10,13H2,(H,21,24)(H,22,25). The summed E-state index contributed by atoms with van der Waals surface area (Å²) >= 11 is 1.83. The van der Waals surface area contributed by atoms with Crippen molar-refractivity contribution in [3.63, 3.8) is 0 Å². The maximum atomic E-state index is 12.1. The molecule has 2 aliphatic rings. The van der Waals surface area contributed by atoms with Gasteiger partial charge in [0.2, 0.25) is 6.79 Å². The van der Waals surface area contributed by atoms with E-state index in [2.05, 4.69) is 33.0 Å². The van der Waals surface area contributed by atoms with E-state index in [1.165, 1.54) is 4.88 Å². The average molecular weight is 401 g/mol. The Hall–Kier alpha value is -2.58. The second kappa shape index (κ2) is 8.62. The van der Waals surface area contributed by atoms with E-state index in [9.17, 15) is 9.59 Å². The number of nitrogens with one attached hydrogen (secondary N) is 2. The second-order valence-corrected chi connectivity index (χ2v) is 7.89. The molecule has 1 aromatic carbocycles. The Morgan fingerprint density at radius 2 is 1.93 bits per heavy atom. The molecule has 0 unspecified atom stereocenters.